The average molecular weight is 227 g/mol. The van der Waals surface area contributed by atoms with E-state index in [1.165, 1.54) is 6.07 Å². The van der Waals surface area contributed by atoms with Gasteiger partial charge in [0.2, 0.25) is 5.75 Å². The molecule has 0 aliphatic rings. The lowest BCUT2D eigenvalue weighted by atomic mass is 9.99. The molecule has 0 heterocycles. The molecular formula is C10H13NO5. The van der Waals surface area contributed by atoms with Crippen molar-refractivity contribution < 1.29 is 25.2 Å². The Kier molecular flexibility index (Phi) is 3.24. The van der Waals surface area contributed by atoms with E-state index in [4.69, 9.17) is 10.8 Å². The third-order valence-corrected chi connectivity index (χ3v) is 2.32. The Morgan fingerprint density at radius 1 is 1.38 bits per heavy atom. The van der Waals surface area contributed by atoms with Gasteiger partial charge in [-0.3, -0.25) is 4.79 Å². The quantitative estimate of drug-likeness (QED) is 0.465. The van der Waals surface area contributed by atoms with Crippen LogP contribution in [0.4, 0.5) is 0 Å². The first-order valence-electron chi connectivity index (χ1n) is 4.56. The molecule has 1 rings (SSSR count). The summed E-state index contributed by atoms with van der Waals surface area (Å²) in [4.78, 5) is 10.6. The van der Waals surface area contributed by atoms with E-state index in [-0.39, 0.29) is 12.0 Å². The van der Waals surface area contributed by atoms with Gasteiger partial charge >= 0.3 is 5.97 Å². The molecule has 0 fully saturated rings. The number of rotatable bonds is 3. The molecule has 0 spiro atoms. The van der Waals surface area contributed by atoms with Crippen LogP contribution in [-0.4, -0.2) is 32.4 Å². The molecule has 0 aliphatic carbocycles. The third kappa shape index (κ3) is 2.17. The smallest absolute Gasteiger partial charge is 0.320 e. The molecule has 16 heavy (non-hydrogen) atoms. The van der Waals surface area contributed by atoms with E-state index in [1.807, 2.05) is 0 Å². The lowest BCUT2D eigenvalue weighted by Crippen LogP contribution is -2.32. The van der Waals surface area contributed by atoms with Gasteiger partial charge in [0, 0.05) is 12.0 Å². The van der Waals surface area contributed by atoms with Gasteiger partial charge < -0.3 is 26.2 Å². The van der Waals surface area contributed by atoms with Crippen LogP contribution in [0.5, 0.6) is 17.2 Å². The zero-order chi connectivity index (χ0) is 12.5. The van der Waals surface area contributed by atoms with Crippen molar-refractivity contribution in [3.05, 3.63) is 17.2 Å². The first kappa shape index (κ1) is 12.1. The van der Waals surface area contributed by atoms with Crippen LogP contribution in [0.25, 0.3) is 0 Å². The summed E-state index contributed by atoms with van der Waals surface area (Å²) in [5.41, 5.74) is 6.00. The van der Waals surface area contributed by atoms with Crippen molar-refractivity contribution in [1.29, 1.82) is 0 Å². The van der Waals surface area contributed by atoms with E-state index in [2.05, 4.69) is 0 Å². The van der Waals surface area contributed by atoms with Gasteiger partial charge in [-0.2, -0.15) is 0 Å². The van der Waals surface area contributed by atoms with Crippen LogP contribution in [0.15, 0.2) is 6.07 Å². The van der Waals surface area contributed by atoms with Crippen molar-refractivity contribution in [2.45, 2.75) is 19.4 Å². The van der Waals surface area contributed by atoms with Crippen LogP contribution >= 0.6 is 0 Å². The summed E-state index contributed by atoms with van der Waals surface area (Å²) >= 11 is 0. The molecule has 6 N–H and O–H groups in total. The van der Waals surface area contributed by atoms with Crippen LogP contribution in [0, 0.1) is 6.92 Å². The predicted molar refractivity (Wildman–Crippen MR) is 55.5 cm³/mol. The number of benzene rings is 1. The highest BCUT2D eigenvalue weighted by molar-refractivity contribution is 5.74. The van der Waals surface area contributed by atoms with Crippen molar-refractivity contribution in [2.75, 3.05) is 0 Å². The summed E-state index contributed by atoms with van der Waals surface area (Å²) in [6.45, 7) is 1.57. The molecule has 1 aromatic carbocycles. The number of aliphatic carboxylic acids is 1. The SMILES string of the molecule is Cc1cc(O)c(O)c(O)c1C[C@H](N)C(=O)O. The Morgan fingerprint density at radius 3 is 2.44 bits per heavy atom. The Labute approximate surface area is 91.6 Å². The van der Waals surface area contributed by atoms with E-state index in [0.717, 1.165) is 0 Å². The van der Waals surface area contributed by atoms with E-state index in [1.54, 1.807) is 6.92 Å². The van der Waals surface area contributed by atoms with Gasteiger partial charge in [-0.05, 0) is 18.6 Å². The zero-order valence-electron chi connectivity index (χ0n) is 8.64. The predicted octanol–water partition coefficient (Wildman–Crippen LogP) is 0.0662. The number of hydrogen-bond donors (Lipinski definition) is 5. The third-order valence-electron chi connectivity index (χ3n) is 2.32. The first-order valence-corrected chi connectivity index (χ1v) is 4.56. The summed E-state index contributed by atoms with van der Waals surface area (Å²) in [7, 11) is 0. The fourth-order valence-electron chi connectivity index (χ4n) is 1.38. The highest BCUT2D eigenvalue weighted by Gasteiger charge is 2.20. The largest absolute Gasteiger partial charge is 0.504 e. The number of phenols is 3. The highest BCUT2D eigenvalue weighted by atomic mass is 16.4. The van der Waals surface area contributed by atoms with Crippen molar-refractivity contribution in [1.82, 2.24) is 0 Å². The lowest BCUT2D eigenvalue weighted by Gasteiger charge is -2.13. The van der Waals surface area contributed by atoms with E-state index in [0.29, 0.717) is 5.56 Å². The molecule has 0 saturated heterocycles. The van der Waals surface area contributed by atoms with Crippen LogP contribution < -0.4 is 5.73 Å². The molecule has 0 unspecified atom stereocenters. The van der Waals surface area contributed by atoms with E-state index in [9.17, 15) is 20.1 Å². The monoisotopic (exact) mass is 227 g/mol. The molecule has 88 valence electrons. The van der Waals surface area contributed by atoms with E-state index >= 15 is 0 Å². The van der Waals surface area contributed by atoms with Crippen molar-refractivity contribution in [3.63, 3.8) is 0 Å². The lowest BCUT2D eigenvalue weighted by molar-refractivity contribution is -0.138. The number of aryl methyl sites for hydroxylation is 1. The maximum absolute atomic E-state index is 10.6. The molecule has 1 atom stereocenters. The molecule has 6 nitrogen and oxygen atoms in total. The molecule has 6 heteroatoms. The minimum Gasteiger partial charge on any atom is -0.504 e. The summed E-state index contributed by atoms with van der Waals surface area (Å²) in [6.07, 6.45) is -0.124. The average Bonchev–Trinajstić information content (AvgIpc) is 2.20. The van der Waals surface area contributed by atoms with Crippen molar-refractivity contribution in [2.24, 2.45) is 5.73 Å². The number of carbonyl (C=O) groups is 1. The van der Waals surface area contributed by atoms with Crippen LogP contribution in [-0.2, 0) is 11.2 Å². The minimum atomic E-state index is -1.20. The van der Waals surface area contributed by atoms with Crippen molar-refractivity contribution >= 4 is 5.97 Å². The number of nitrogens with two attached hydrogens (primary N) is 1. The zero-order valence-corrected chi connectivity index (χ0v) is 8.64. The molecule has 0 saturated carbocycles. The molecule has 1 aromatic rings. The maximum Gasteiger partial charge on any atom is 0.320 e. The first-order chi connectivity index (χ1) is 7.34. The van der Waals surface area contributed by atoms with Gasteiger partial charge in [0.25, 0.3) is 0 Å². The summed E-state index contributed by atoms with van der Waals surface area (Å²) in [5.74, 6) is -2.86. The van der Waals surface area contributed by atoms with Gasteiger partial charge in [0.05, 0.1) is 0 Å². The number of carboxylic acids is 1. The van der Waals surface area contributed by atoms with Gasteiger partial charge in [0.15, 0.2) is 11.5 Å². The van der Waals surface area contributed by atoms with Gasteiger partial charge in [-0.25, -0.2) is 0 Å². The van der Waals surface area contributed by atoms with Crippen molar-refractivity contribution in [3.8, 4) is 17.2 Å². The summed E-state index contributed by atoms with van der Waals surface area (Å²) < 4.78 is 0. The standard InChI is InChI=1S/C10H13NO5/c1-4-2-7(12)9(14)8(13)5(4)3-6(11)10(15)16/h2,6,12-14H,3,11H2,1H3,(H,15,16)/t6-/m0/s1. The number of hydrogen-bond acceptors (Lipinski definition) is 5. The molecule has 0 amide bonds. The second kappa shape index (κ2) is 4.28. The topological polar surface area (TPSA) is 124 Å². The second-order valence-electron chi connectivity index (χ2n) is 3.54. The maximum atomic E-state index is 10.6. The Balaban J connectivity index is 3.14. The normalized spacial score (nSPS) is 12.4. The fourth-order valence-corrected chi connectivity index (χ4v) is 1.38. The van der Waals surface area contributed by atoms with Gasteiger partial charge in [0.1, 0.15) is 6.04 Å². The number of phenolic OH excluding ortho intramolecular Hbond substituents is 3. The number of aromatic hydroxyl groups is 3. The van der Waals surface area contributed by atoms with Crippen LogP contribution in [0.1, 0.15) is 11.1 Å². The highest BCUT2D eigenvalue weighted by Crippen LogP contribution is 2.39. The molecule has 0 aliphatic heterocycles. The van der Waals surface area contributed by atoms with Gasteiger partial charge in [-0.1, -0.05) is 0 Å². The van der Waals surface area contributed by atoms with Crippen LogP contribution in [0.3, 0.4) is 0 Å². The Morgan fingerprint density at radius 2 is 1.94 bits per heavy atom. The molecule has 0 radical (unpaired) electrons. The number of carboxylic acid groups (broad SMARTS) is 1. The molecular weight excluding hydrogens is 214 g/mol. The minimum absolute atomic E-state index is 0.124. The Bertz CT molecular complexity index is 430. The second-order valence-corrected chi connectivity index (χ2v) is 3.54. The Hall–Kier alpha value is -1.95. The fraction of sp³-hybridized carbons (Fsp3) is 0.300. The summed E-state index contributed by atoms with van der Waals surface area (Å²) in [6, 6.07) is 0.0624. The van der Waals surface area contributed by atoms with E-state index < -0.39 is 29.3 Å². The molecule has 0 bridgehead atoms. The van der Waals surface area contributed by atoms with Gasteiger partial charge in [-0.15, -0.1) is 0 Å². The summed E-state index contributed by atoms with van der Waals surface area (Å²) in [5, 5.41) is 36.6. The van der Waals surface area contributed by atoms with Crippen LogP contribution in [0.2, 0.25) is 0 Å². The molecule has 0 aromatic heterocycles.